The first-order chi connectivity index (χ1) is 40.0. The molecule has 6 nitrogen and oxygen atoms in total. The summed E-state index contributed by atoms with van der Waals surface area (Å²) >= 11 is 0. The van der Waals surface area contributed by atoms with E-state index in [1.165, 1.54) is 83.5 Å². The second-order valence-electron chi connectivity index (χ2n) is 21.6. The second kappa shape index (κ2) is 67.8. The fraction of sp³-hybridized carbons (Fsp3) is 0.640. The van der Waals surface area contributed by atoms with E-state index in [0.717, 1.165) is 167 Å². The molecule has 0 radical (unpaired) electrons. The quantitative estimate of drug-likeness (QED) is 0.0261. The van der Waals surface area contributed by atoms with E-state index in [1.807, 2.05) is 0 Å². The number of rotatable bonds is 59. The largest absolute Gasteiger partial charge is 0.462 e. The Balaban J connectivity index is 4.25. The molecular weight excluding hydrogens is 997 g/mol. The van der Waals surface area contributed by atoms with Crippen molar-refractivity contribution in [1.82, 2.24) is 0 Å². The van der Waals surface area contributed by atoms with Crippen LogP contribution in [0.5, 0.6) is 0 Å². The van der Waals surface area contributed by atoms with Crippen molar-refractivity contribution in [2.24, 2.45) is 0 Å². The molecule has 0 rings (SSSR count). The minimum absolute atomic E-state index is 0.0960. The van der Waals surface area contributed by atoms with Crippen molar-refractivity contribution in [3.63, 3.8) is 0 Å². The average Bonchev–Trinajstić information content (AvgIpc) is 3.46. The molecule has 0 saturated carbocycles. The Morgan fingerprint density at radius 1 is 0.259 bits per heavy atom. The highest BCUT2D eigenvalue weighted by Crippen LogP contribution is 2.16. The number of allylic oxidation sites excluding steroid dienone is 24. The van der Waals surface area contributed by atoms with Gasteiger partial charge in [0.1, 0.15) is 13.2 Å². The highest BCUT2D eigenvalue weighted by molar-refractivity contribution is 5.71. The van der Waals surface area contributed by atoms with Crippen LogP contribution in [0.3, 0.4) is 0 Å². The summed E-state index contributed by atoms with van der Waals surface area (Å²) in [6.45, 7) is 6.32. The van der Waals surface area contributed by atoms with Crippen LogP contribution in [0.2, 0.25) is 0 Å². The summed E-state index contributed by atoms with van der Waals surface area (Å²) < 4.78 is 16.9. The molecule has 0 heterocycles. The Hall–Kier alpha value is -4.71. The first-order valence-electron chi connectivity index (χ1n) is 33.3. The van der Waals surface area contributed by atoms with Crippen molar-refractivity contribution in [1.29, 1.82) is 0 Å². The highest BCUT2D eigenvalue weighted by Gasteiger charge is 2.19. The van der Waals surface area contributed by atoms with E-state index in [4.69, 9.17) is 14.2 Å². The van der Waals surface area contributed by atoms with Crippen LogP contribution in [0.25, 0.3) is 0 Å². The maximum absolute atomic E-state index is 12.9. The molecule has 0 saturated heterocycles. The SMILES string of the molecule is CC/C=C\C/C=C\C/C=C\C/C=C\C/C=C\C/C=C\CCCCCCCCCCCCCCCCC(=O)OCC(COC(=O)CCCCCCC/C=C\C/C=C\CCC)OC(=O)CCCCCC/C=C\C/C=C\C/C=C\C/C=C\CC. The van der Waals surface area contributed by atoms with Gasteiger partial charge in [0.25, 0.3) is 0 Å². The summed E-state index contributed by atoms with van der Waals surface area (Å²) in [5, 5.41) is 0. The standard InChI is InChI=1S/C75H122O6/c1-4-7-10-13-16-19-22-25-27-29-30-31-32-33-34-35-36-37-38-39-40-41-42-43-44-46-47-50-53-56-59-62-65-68-74(77)80-71-72(70-79-73(76)67-64-61-58-55-52-49-24-21-18-15-12-9-6-3)81-75(78)69-66-63-60-57-54-51-48-45-28-26-23-20-17-14-11-8-5-2/h7-8,10-12,15-17,19-21,24-28,30-31,33-34,36-37,48,51,72H,4-6,9,13-14,18,22-23,29,32,35,38-47,49-50,52-71H2,1-3H3/b10-7-,11-8-,15-12-,19-16-,20-17-,24-21-,27-25-,28-26-,31-30-,34-33-,37-36-,51-48-. The van der Waals surface area contributed by atoms with Crippen LogP contribution in [0.1, 0.15) is 290 Å². The van der Waals surface area contributed by atoms with Crippen LogP contribution in [-0.4, -0.2) is 37.2 Å². The van der Waals surface area contributed by atoms with E-state index in [9.17, 15) is 14.4 Å². The van der Waals surface area contributed by atoms with Gasteiger partial charge in [-0.3, -0.25) is 14.4 Å². The fourth-order valence-corrected chi connectivity index (χ4v) is 8.89. The zero-order valence-corrected chi connectivity index (χ0v) is 52.5. The highest BCUT2D eigenvalue weighted by atomic mass is 16.6. The zero-order valence-electron chi connectivity index (χ0n) is 52.5. The predicted octanol–water partition coefficient (Wildman–Crippen LogP) is 23.1. The van der Waals surface area contributed by atoms with E-state index in [2.05, 4.69) is 167 Å². The molecular formula is C75H122O6. The Bertz CT molecular complexity index is 1760. The summed E-state index contributed by atoms with van der Waals surface area (Å²) in [7, 11) is 0. The smallest absolute Gasteiger partial charge is 0.306 e. The molecule has 0 fully saturated rings. The molecule has 0 aliphatic carbocycles. The van der Waals surface area contributed by atoms with Crippen LogP contribution in [0.4, 0.5) is 0 Å². The number of unbranched alkanes of at least 4 members (excludes halogenated alkanes) is 24. The number of carbonyl (C=O) groups is 3. The molecule has 0 aromatic rings. The van der Waals surface area contributed by atoms with Crippen molar-refractivity contribution >= 4 is 17.9 Å². The molecule has 0 aliphatic rings. The second-order valence-corrected chi connectivity index (χ2v) is 21.6. The number of esters is 3. The van der Waals surface area contributed by atoms with Crippen molar-refractivity contribution in [3.05, 3.63) is 146 Å². The molecule has 0 bridgehead atoms. The predicted molar refractivity (Wildman–Crippen MR) is 352 cm³/mol. The lowest BCUT2D eigenvalue weighted by Crippen LogP contribution is -2.30. The van der Waals surface area contributed by atoms with Gasteiger partial charge in [0.05, 0.1) is 0 Å². The van der Waals surface area contributed by atoms with E-state index in [-0.39, 0.29) is 31.1 Å². The molecule has 0 amide bonds. The van der Waals surface area contributed by atoms with E-state index in [1.54, 1.807) is 0 Å². The fourth-order valence-electron chi connectivity index (χ4n) is 8.89. The molecule has 0 spiro atoms. The van der Waals surface area contributed by atoms with Crippen LogP contribution in [0.15, 0.2) is 146 Å². The van der Waals surface area contributed by atoms with Crippen molar-refractivity contribution in [3.8, 4) is 0 Å². The number of hydrogen-bond donors (Lipinski definition) is 0. The van der Waals surface area contributed by atoms with Gasteiger partial charge in [-0.1, -0.05) is 282 Å². The van der Waals surface area contributed by atoms with E-state index < -0.39 is 6.10 Å². The van der Waals surface area contributed by atoms with Crippen LogP contribution < -0.4 is 0 Å². The van der Waals surface area contributed by atoms with Gasteiger partial charge < -0.3 is 14.2 Å². The van der Waals surface area contributed by atoms with Crippen molar-refractivity contribution < 1.29 is 28.6 Å². The van der Waals surface area contributed by atoms with Gasteiger partial charge >= 0.3 is 17.9 Å². The first kappa shape index (κ1) is 76.3. The van der Waals surface area contributed by atoms with Gasteiger partial charge in [-0.15, -0.1) is 0 Å². The molecule has 6 heteroatoms. The number of hydrogen-bond acceptors (Lipinski definition) is 6. The average molecular weight is 1120 g/mol. The van der Waals surface area contributed by atoms with Crippen LogP contribution in [0, 0.1) is 0 Å². The molecule has 0 aromatic carbocycles. The lowest BCUT2D eigenvalue weighted by Gasteiger charge is -2.18. The Morgan fingerprint density at radius 2 is 0.481 bits per heavy atom. The Morgan fingerprint density at radius 3 is 0.753 bits per heavy atom. The maximum atomic E-state index is 12.9. The summed E-state index contributed by atoms with van der Waals surface area (Å²) in [6.07, 6.45) is 97.2. The minimum Gasteiger partial charge on any atom is -0.462 e. The van der Waals surface area contributed by atoms with Gasteiger partial charge in [0.15, 0.2) is 6.10 Å². The third kappa shape index (κ3) is 66.0. The molecule has 458 valence electrons. The summed E-state index contributed by atoms with van der Waals surface area (Å²) in [5.41, 5.74) is 0. The van der Waals surface area contributed by atoms with Gasteiger partial charge in [-0.2, -0.15) is 0 Å². The lowest BCUT2D eigenvalue weighted by molar-refractivity contribution is -0.167. The van der Waals surface area contributed by atoms with Gasteiger partial charge in [0.2, 0.25) is 0 Å². The topological polar surface area (TPSA) is 78.9 Å². The number of ether oxygens (including phenoxy) is 3. The third-order valence-electron chi connectivity index (χ3n) is 13.8. The molecule has 0 N–H and O–H groups in total. The van der Waals surface area contributed by atoms with Crippen LogP contribution >= 0.6 is 0 Å². The molecule has 0 aromatic heterocycles. The first-order valence-corrected chi connectivity index (χ1v) is 33.3. The maximum Gasteiger partial charge on any atom is 0.306 e. The van der Waals surface area contributed by atoms with Crippen molar-refractivity contribution in [2.75, 3.05) is 13.2 Å². The van der Waals surface area contributed by atoms with E-state index in [0.29, 0.717) is 19.3 Å². The summed E-state index contributed by atoms with van der Waals surface area (Å²) in [6, 6.07) is 0. The van der Waals surface area contributed by atoms with Gasteiger partial charge in [-0.05, 0) is 135 Å². The van der Waals surface area contributed by atoms with Gasteiger partial charge in [-0.25, -0.2) is 0 Å². The zero-order chi connectivity index (χ0) is 58.5. The monoisotopic (exact) mass is 1120 g/mol. The number of carbonyl (C=O) groups excluding carboxylic acids is 3. The van der Waals surface area contributed by atoms with Gasteiger partial charge in [0, 0.05) is 19.3 Å². The molecule has 1 atom stereocenters. The third-order valence-corrected chi connectivity index (χ3v) is 13.8. The summed E-state index contributed by atoms with van der Waals surface area (Å²) in [4.78, 5) is 38.3. The normalized spacial score (nSPS) is 13.1. The Labute approximate surface area is 499 Å². The molecule has 0 aliphatic heterocycles. The van der Waals surface area contributed by atoms with Crippen LogP contribution in [-0.2, 0) is 28.6 Å². The Kier molecular flexibility index (Phi) is 63.9. The lowest BCUT2D eigenvalue weighted by atomic mass is 10.0. The van der Waals surface area contributed by atoms with Crippen molar-refractivity contribution in [2.45, 2.75) is 297 Å². The molecule has 81 heavy (non-hydrogen) atoms. The molecule has 1 unspecified atom stereocenters. The van der Waals surface area contributed by atoms with E-state index >= 15 is 0 Å². The summed E-state index contributed by atoms with van der Waals surface area (Å²) in [5.74, 6) is -0.933. The minimum atomic E-state index is -0.802.